The van der Waals surface area contributed by atoms with Crippen LogP contribution in [0, 0.1) is 13.8 Å². The Hall–Kier alpha value is -1.82. The number of carbonyl (C=O) groups excluding carboxylic acids is 1. The SMILES string of the molecule is Cc1nc(C)c(C(=O)N2CCc3ncncc3C2)s1. The summed E-state index contributed by atoms with van der Waals surface area (Å²) in [6.07, 6.45) is 4.15. The second-order valence-electron chi connectivity index (χ2n) is 4.62. The van der Waals surface area contributed by atoms with Crippen LogP contribution in [0.4, 0.5) is 0 Å². The second kappa shape index (κ2) is 4.70. The van der Waals surface area contributed by atoms with E-state index in [-0.39, 0.29) is 5.91 Å². The van der Waals surface area contributed by atoms with Crippen LogP contribution in [0.25, 0.3) is 0 Å². The van der Waals surface area contributed by atoms with Gasteiger partial charge in [-0.25, -0.2) is 15.0 Å². The van der Waals surface area contributed by atoms with Gasteiger partial charge in [0.2, 0.25) is 0 Å². The highest BCUT2D eigenvalue weighted by Crippen LogP contribution is 2.23. The predicted molar refractivity (Wildman–Crippen MR) is 72.1 cm³/mol. The second-order valence-corrected chi connectivity index (χ2v) is 5.82. The Morgan fingerprint density at radius 1 is 1.42 bits per heavy atom. The zero-order valence-electron chi connectivity index (χ0n) is 10.9. The molecule has 0 N–H and O–H groups in total. The first-order chi connectivity index (χ1) is 9.15. The van der Waals surface area contributed by atoms with E-state index < -0.39 is 0 Å². The van der Waals surface area contributed by atoms with Crippen LogP contribution in [-0.4, -0.2) is 32.3 Å². The number of thiazole rings is 1. The summed E-state index contributed by atoms with van der Waals surface area (Å²) in [4.78, 5) is 27.7. The normalized spacial score (nSPS) is 14.3. The van der Waals surface area contributed by atoms with Crippen molar-refractivity contribution < 1.29 is 4.79 Å². The summed E-state index contributed by atoms with van der Waals surface area (Å²) in [5.74, 6) is 0.0672. The fourth-order valence-electron chi connectivity index (χ4n) is 2.31. The van der Waals surface area contributed by atoms with Crippen LogP contribution in [0.1, 0.15) is 31.6 Å². The zero-order chi connectivity index (χ0) is 13.4. The Labute approximate surface area is 115 Å². The van der Waals surface area contributed by atoms with Gasteiger partial charge in [0.15, 0.2) is 0 Å². The highest BCUT2D eigenvalue weighted by atomic mass is 32.1. The van der Waals surface area contributed by atoms with E-state index in [1.54, 1.807) is 12.5 Å². The Bertz CT molecular complexity index is 637. The molecule has 98 valence electrons. The van der Waals surface area contributed by atoms with E-state index in [1.807, 2.05) is 18.7 Å². The monoisotopic (exact) mass is 274 g/mol. The summed E-state index contributed by atoms with van der Waals surface area (Å²) < 4.78 is 0. The highest BCUT2D eigenvalue weighted by molar-refractivity contribution is 7.13. The van der Waals surface area contributed by atoms with Crippen LogP contribution in [-0.2, 0) is 13.0 Å². The molecular formula is C13H14N4OS. The molecule has 1 amide bonds. The van der Waals surface area contributed by atoms with Gasteiger partial charge in [0.05, 0.1) is 16.4 Å². The fraction of sp³-hybridized carbons (Fsp3) is 0.385. The molecule has 0 radical (unpaired) electrons. The van der Waals surface area contributed by atoms with Crippen LogP contribution in [0.3, 0.4) is 0 Å². The van der Waals surface area contributed by atoms with Crippen molar-refractivity contribution >= 4 is 17.2 Å². The number of aryl methyl sites for hydroxylation is 2. The molecule has 0 aromatic carbocycles. The van der Waals surface area contributed by atoms with Crippen molar-refractivity contribution in [2.75, 3.05) is 6.54 Å². The third kappa shape index (κ3) is 2.23. The third-order valence-electron chi connectivity index (χ3n) is 3.25. The smallest absolute Gasteiger partial charge is 0.266 e. The van der Waals surface area contributed by atoms with E-state index in [1.165, 1.54) is 11.3 Å². The van der Waals surface area contributed by atoms with Crippen molar-refractivity contribution in [2.45, 2.75) is 26.8 Å². The number of hydrogen-bond acceptors (Lipinski definition) is 5. The Kier molecular flexibility index (Phi) is 3.02. The molecule has 5 nitrogen and oxygen atoms in total. The molecule has 0 aliphatic carbocycles. The van der Waals surface area contributed by atoms with E-state index >= 15 is 0 Å². The average Bonchev–Trinajstić information content (AvgIpc) is 2.76. The van der Waals surface area contributed by atoms with E-state index in [0.717, 1.165) is 33.3 Å². The Balaban J connectivity index is 1.85. The van der Waals surface area contributed by atoms with Gasteiger partial charge in [-0.1, -0.05) is 0 Å². The molecule has 0 bridgehead atoms. The minimum atomic E-state index is 0.0672. The number of rotatable bonds is 1. The molecule has 2 aromatic heterocycles. The number of carbonyl (C=O) groups is 1. The molecule has 1 aliphatic heterocycles. The van der Waals surface area contributed by atoms with Crippen molar-refractivity contribution in [3.05, 3.63) is 39.4 Å². The lowest BCUT2D eigenvalue weighted by Gasteiger charge is -2.27. The van der Waals surface area contributed by atoms with E-state index in [2.05, 4.69) is 15.0 Å². The van der Waals surface area contributed by atoms with E-state index in [4.69, 9.17) is 0 Å². The third-order valence-corrected chi connectivity index (χ3v) is 4.31. The number of nitrogens with zero attached hydrogens (tertiary/aromatic N) is 4. The summed E-state index contributed by atoms with van der Waals surface area (Å²) in [7, 11) is 0. The first kappa shape index (κ1) is 12.2. The van der Waals surface area contributed by atoms with Gasteiger partial charge >= 0.3 is 0 Å². The first-order valence-electron chi connectivity index (χ1n) is 6.16. The molecular weight excluding hydrogens is 260 g/mol. The topological polar surface area (TPSA) is 59.0 Å². The summed E-state index contributed by atoms with van der Waals surface area (Å²) in [6.45, 7) is 5.11. The zero-order valence-corrected chi connectivity index (χ0v) is 11.7. The van der Waals surface area contributed by atoms with Gasteiger partial charge in [0.25, 0.3) is 5.91 Å². The van der Waals surface area contributed by atoms with Gasteiger partial charge in [-0.05, 0) is 13.8 Å². The maximum Gasteiger partial charge on any atom is 0.266 e. The van der Waals surface area contributed by atoms with E-state index in [9.17, 15) is 4.79 Å². The molecule has 2 aromatic rings. The predicted octanol–water partition coefficient (Wildman–Crippen LogP) is 1.75. The van der Waals surface area contributed by atoms with Crippen LogP contribution in [0.15, 0.2) is 12.5 Å². The molecule has 0 fully saturated rings. The van der Waals surface area contributed by atoms with Gasteiger partial charge in [-0.3, -0.25) is 4.79 Å². The van der Waals surface area contributed by atoms with Gasteiger partial charge < -0.3 is 4.90 Å². The van der Waals surface area contributed by atoms with Gasteiger partial charge in [0.1, 0.15) is 11.2 Å². The maximum atomic E-state index is 12.5. The molecule has 6 heteroatoms. The molecule has 0 saturated heterocycles. The largest absolute Gasteiger partial charge is 0.333 e. The molecule has 1 aliphatic rings. The lowest BCUT2D eigenvalue weighted by Crippen LogP contribution is -2.36. The summed E-state index contributed by atoms with van der Waals surface area (Å²) >= 11 is 1.46. The van der Waals surface area contributed by atoms with Crippen molar-refractivity contribution in [2.24, 2.45) is 0 Å². The maximum absolute atomic E-state index is 12.5. The number of aromatic nitrogens is 3. The van der Waals surface area contributed by atoms with Crippen LogP contribution >= 0.6 is 11.3 Å². The minimum absolute atomic E-state index is 0.0672. The van der Waals surface area contributed by atoms with Gasteiger partial charge in [-0.15, -0.1) is 11.3 Å². The lowest BCUT2D eigenvalue weighted by atomic mass is 10.1. The van der Waals surface area contributed by atoms with Gasteiger partial charge in [-0.2, -0.15) is 0 Å². The van der Waals surface area contributed by atoms with Crippen molar-refractivity contribution in [3.8, 4) is 0 Å². The van der Waals surface area contributed by atoms with Crippen molar-refractivity contribution in [3.63, 3.8) is 0 Å². The summed E-state index contributed by atoms with van der Waals surface area (Å²) in [5.41, 5.74) is 2.92. The van der Waals surface area contributed by atoms with Crippen molar-refractivity contribution in [1.82, 2.24) is 19.9 Å². The number of amides is 1. The molecule has 3 heterocycles. The molecule has 19 heavy (non-hydrogen) atoms. The summed E-state index contributed by atoms with van der Waals surface area (Å²) in [5, 5.41) is 0.932. The number of fused-ring (bicyclic) bond motifs is 1. The quantitative estimate of drug-likeness (QED) is 0.795. The number of hydrogen-bond donors (Lipinski definition) is 0. The van der Waals surface area contributed by atoms with Crippen molar-refractivity contribution in [1.29, 1.82) is 0 Å². The summed E-state index contributed by atoms with van der Waals surface area (Å²) in [6, 6.07) is 0. The van der Waals surface area contributed by atoms with Crippen LogP contribution < -0.4 is 0 Å². The Morgan fingerprint density at radius 2 is 2.26 bits per heavy atom. The lowest BCUT2D eigenvalue weighted by molar-refractivity contribution is 0.0737. The fourth-order valence-corrected chi connectivity index (χ4v) is 3.20. The molecule has 0 atom stereocenters. The van der Waals surface area contributed by atoms with Crippen LogP contribution in [0.5, 0.6) is 0 Å². The van der Waals surface area contributed by atoms with Gasteiger partial charge in [0, 0.05) is 31.3 Å². The molecule has 3 rings (SSSR count). The van der Waals surface area contributed by atoms with E-state index in [0.29, 0.717) is 13.1 Å². The molecule has 0 saturated carbocycles. The molecule has 0 spiro atoms. The standard InChI is InChI=1S/C13H14N4OS/c1-8-12(19-9(2)16-8)13(18)17-4-3-11-10(6-17)5-14-7-15-11/h5,7H,3-4,6H2,1-2H3. The minimum Gasteiger partial charge on any atom is -0.333 e. The van der Waals surface area contributed by atoms with Crippen LogP contribution in [0.2, 0.25) is 0 Å². The molecule has 0 unspecified atom stereocenters. The average molecular weight is 274 g/mol. The first-order valence-corrected chi connectivity index (χ1v) is 6.98. The highest BCUT2D eigenvalue weighted by Gasteiger charge is 2.25. The Morgan fingerprint density at radius 3 is 3.00 bits per heavy atom.